The SMILES string of the molecule is O=C(NS(=O)(=O)c1ccccc1)c1ccc2c(C3CCCCC3)c3n(c2c1)CC(C(=O)N1CCOCC1)CC1=C3C=CCC1. The van der Waals surface area contributed by atoms with E-state index in [1.165, 1.54) is 53.8 Å². The van der Waals surface area contributed by atoms with Crippen LogP contribution in [0.4, 0.5) is 0 Å². The largest absolute Gasteiger partial charge is 0.378 e. The van der Waals surface area contributed by atoms with E-state index in [-0.39, 0.29) is 22.3 Å². The maximum absolute atomic E-state index is 14.0. The highest BCUT2D eigenvalue weighted by Gasteiger charge is 2.36. The molecule has 9 heteroatoms. The van der Waals surface area contributed by atoms with Crippen molar-refractivity contribution in [2.24, 2.45) is 5.92 Å². The lowest BCUT2D eigenvalue weighted by atomic mass is 9.80. The summed E-state index contributed by atoms with van der Waals surface area (Å²) in [6.07, 6.45) is 13.0. The molecule has 1 aromatic heterocycles. The number of ether oxygens (including phenoxy) is 1. The molecule has 2 fully saturated rings. The number of carbonyl (C=O) groups excluding carboxylic acids is 2. The normalized spacial score (nSPS) is 21.1. The number of aromatic nitrogens is 1. The second-order valence-electron chi connectivity index (χ2n) is 12.5. The Balaban J connectivity index is 1.35. The van der Waals surface area contributed by atoms with E-state index in [4.69, 9.17) is 4.74 Å². The maximum Gasteiger partial charge on any atom is 0.265 e. The third-order valence-electron chi connectivity index (χ3n) is 9.76. The number of benzene rings is 2. The Morgan fingerprint density at radius 1 is 0.955 bits per heavy atom. The third kappa shape index (κ3) is 5.41. The van der Waals surface area contributed by atoms with Gasteiger partial charge in [0.1, 0.15) is 0 Å². The summed E-state index contributed by atoms with van der Waals surface area (Å²) in [5.41, 5.74) is 6.23. The summed E-state index contributed by atoms with van der Waals surface area (Å²) in [6, 6.07) is 13.5. The van der Waals surface area contributed by atoms with Crippen LogP contribution < -0.4 is 4.72 Å². The minimum Gasteiger partial charge on any atom is -0.378 e. The van der Waals surface area contributed by atoms with Crippen molar-refractivity contribution in [3.05, 3.63) is 83.1 Å². The number of carbonyl (C=O) groups is 2. The van der Waals surface area contributed by atoms with Crippen molar-refractivity contribution >= 4 is 38.3 Å². The van der Waals surface area contributed by atoms with Gasteiger partial charge in [0.15, 0.2) is 0 Å². The van der Waals surface area contributed by atoms with Crippen molar-refractivity contribution in [2.75, 3.05) is 26.3 Å². The minimum atomic E-state index is -4.03. The molecule has 2 aliphatic carbocycles. The lowest BCUT2D eigenvalue weighted by molar-refractivity contribution is -0.140. The summed E-state index contributed by atoms with van der Waals surface area (Å²) in [5, 5.41) is 1.10. The van der Waals surface area contributed by atoms with Crippen LogP contribution in [0.5, 0.6) is 0 Å². The molecule has 2 aliphatic heterocycles. The van der Waals surface area contributed by atoms with Crippen LogP contribution >= 0.6 is 0 Å². The number of nitrogens with zero attached hydrogens (tertiary/aromatic N) is 2. The van der Waals surface area contributed by atoms with Gasteiger partial charge < -0.3 is 14.2 Å². The van der Waals surface area contributed by atoms with E-state index < -0.39 is 15.9 Å². The average molecular weight is 614 g/mol. The molecule has 8 nitrogen and oxygen atoms in total. The van der Waals surface area contributed by atoms with E-state index in [1.54, 1.807) is 24.3 Å². The van der Waals surface area contributed by atoms with Gasteiger partial charge in [-0.05, 0) is 73.4 Å². The van der Waals surface area contributed by atoms with Crippen LogP contribution in [0.25, 0.3) is 16.5 Å². The zero-order valence-electron chi connectivity index (χ0n) is 25.0. The molecule has 1 unspecified atom stereocenters. The Kier molecular flexibility index (Phi) is 7.93. The monoisotopic (exact) mass is 613 g/mol. The van der Waals surface area contributed by atoms with Crippen LogP contribution in [-0.2, 0) is 26.1 Å². The molecule has 4 aliphatic rings. The van der Waals surface area contributed by atoms with E-state index in [2.05, 4.69) is 21.4 Å². The van der Waals surface area contributed by atoms with Gasteiger partial charge in [-0.15, -0.1) is 0 Å². The number of hydrogen-bond donors (Lipinski definition) is 1. The van der Waals surface area contributed by atoms with Crippen molar-refractivity contribution in [2.45, 2.75) is 68.7 Å². The van der Waals surface area contributed by atoms with E-state index >= 15 is 0 Å². The zero-order valence-corrected chi connectivity index (χ0v) is 25.8. The van der Waals surface area contributed by atoms with Crippen LogP contribution in [0.2, 0.25) is 0 Å². The molecule has 230 valence electrons. The number of nitrogens with one attached hydrogen (secondary N) is 1. The molecule has 2 amide bonds. The average Bonchev–Trinajstić information content (AvgIpc) is 3.27. The molecule has 1 saturated carbocycles. The van der Waals surface area contributed by atoms with Gasteiger partial charge >= 0.3 is 0 Å². The Morgan fingerprint density at radius 3 is 2.50 bits per heavy atom. The molecular weight excluding hydrogens is 574 g/mol. The topological polar surface area (TPSA) is 97.7 Å². The molecule has 1 atom stereocenters. The summed E-state index contributed by atoms with van der Waals surface area (Å²) in [5.74, 6) is -0.336. The van der Waals surface area contributed by atoms with E-state index in [0.29, 0.717) is 38.8 Å². The highest BCUT2D eigenvalue weighted by molar-refractivity contribution is 7.90. The van der Waals surface area contributed by atoms with Crippen LogP contribution in [0.15, 0.2) is 71.2 Å². The van der Waals surface area contributed by atoms with Gasteiger partial charge in [-0.1, -0.05) is 61.3 Å². The molecule has 1 saturated heterocycles. The first-order valence-corrected chi connectivity index (χ1v) is 17.4. The quantitative estimate of drug-likeness (QED) is 0.393. The Bertz CT molecular complexity index is 1760. The summed E-state index contributed by atoms with van der Waals surface area (Å²) in [6.45, 7) is 2.84. The number of fused-ring (bicyclic) bond motifs is 4. The first kappa shape index (κ1) is 29.0. The van der Waals surface area contributed by atoms with Gasteiger partial charge in [0.2, 0.25) is 5.91 Å². The number of allylic oxidation sites excluding steroid dienone is 4. The number of rotatable bonds is 5. The van der Waals surface area contributed by atoms with Crippen LogP contribution in [0.1, 0.15) is 78.9 Å². The van der Waals surface area contributed by atoms with Gasteiger partial charge in [0, 0.05) is 36.1 Å². The zero-order chi connectivity index (χ0) is 30.3. The molecule has 44 heavy (non-hydrogen) atoms. The van der Waals surface area contributed by atoms with Gasteiger partial charge in [-0.25, -0.2) is 13.1 Å². The van der Waals surface area contributed by atoms with Gasteiger partial charge in [-0.3, -0.25) is 9.59 Å². The molecule has 1 N–H and O–H groups in total. The second-order valence-corrected chi connectivity index (χ2v) is 14.2. The Hall–Kier alpha value is -3.69. The fourth-order valence-corrected chi connectivity index (χ4v) is 8.60. The summed E-state index contributed by atoms with van der Waals surface area (Å²) >= 11 is 0. The van der Waals surface area contributed by atoms with Crippen LogP contribution in [-0.4, -0.2) is 56.0 Å². The third-order valence-corrected chi connectivity index (χ3v) is 11.1. The molecule has 3 heterocycles. The molecule has 3 aromatic rings. The van der Waals surface area contributed by atoms with Crippen molar-refractivity contribution in [3.8, 4) is 0 Å². The molecule has 0 bridgehead atoms. The van der Waals surface area contributed by atoms with Crippen LogP contribution in [0.3, 0.4) is 0 Å². The summed E-state index contributed by atoms with van der Waals surface area (Å²) in [4.78, 5) is 29.4. The van der Waals surface area contributed by atoms with E-state index in [1.807, 2.05) is 17.0 Å². The number of hydrogen-bond acceptors (Lipinski definition) is 5. The van der Waals surface area contributed by atoms with Gasteiger partial charge in [0.05, 0.1) is 29.7 Å². The fourth-order valence-electron chi connectivity index (χ4n) is 7.60. The highest BCUT2D eigenvalue weighted by atomic mass is 32.2. The summed E-state index contributed by atoms with van der Waals surface area (Å²) < 4.78 is 36.1. The van der Waals surface area contributed by atoms with E-state index in [0.717, 1.165) is 43.0 Å². The molecule has 0 radical (unpaired) electrons. The first-order chi connectivity index (χ1) is 21.4. The molecule has 7 rings (SSSR count). The molecule has 0 spiro atoms. The lowest BCUT2D eigenvalue weighted by Gasteiger charge is -2.30. The van der Waals surface area contributed by atoms with Crippen molar-refractivity contribution < 1.29 is 22.7 Å². The molecule has 2 aromatic carbocycles. The second kappa shape index (κ2) is 12.0. The Morgan fingerprint density at radius 2 is 1.73 bits per heavy atom. The fraction of sp³-hybridized carbons (Fsp3) is 0.429. The Labute approximate surface area is 258 Å². The smallest absolute Gasteiger partial charge is 0.265 e. The van der Waals surface area contributed by atoms with Crippen LogP contribution in [0, 0.1) is 5.92 Å². The lowest BCUT2D eigenvalue weighted by Crippen LogP contribution is -2.44. The molecular formula is C35H39N3O5S. The standard InChI is InChI=1S/C35H39N3O5S/c39-34(36-44(41,42)28-12-5-2-6-13-28)26-15-16-30-31(22-26)38-23-27(35(40)37-17-19-43-20-18-37)21-25-11-7-8-14-29(25)33(38)32(30)24-9-3-1-4-10-24/h2,5-6,8,12-16,22,24,27H,1,3-4,7,9-11,17-21,23H2,(H,36,39). The predicted molar refractivity (Wildman–Crippen MR) is 170 cm³/mol. The van der Waals surface area contributed by atoms with Gasteiger partial charge in [-0.2, -0.15) is 0 Å². The number of sulfonamides is 1. The summed E-state index contributed by atoms with van der Waals surface area (Å²) in [7, 11) is -4.03. The van der Waals surface area contributed by atoms with Crippen molar-refractivity contribution in [1.82, 2.24) is 14.2 Å². The van der Waals surface area contributed by atoms with E-state index in [9.17, 15) is 18.0 Å². The van der Waals surface area contributed by atoms with Gasteiger partial charge in [0.25, 0.3) is 15.9 Å². The first-order valence-electron chi connectivity index (χ1n) is 15.9. The van der Waals surface area contributed by atoms with Crippen molar-refractivity contribution in [3.63, 3.8) is 0 Å². The maximum atomic E-state index is 14.0. The number of morpholine rings is 1. The minimum absolute atomic E-state index is 0.0404. The predicted octanol–water partition coefficient (Wildman–Crippen LogP) is 5.79. The number of amides is 2. The van der Waals surface area contributed by atoms with Crippen molar-refractivity contribution in [1.29, 1.82) is 0 Å². The highest BCUT2D eigenvalue weighted by Crippen LogP contribution is 2.47.